The zero-order valence-electron chi connectivity index (χ0n) is 10.0. The lowest BCUT2D eigenvalue weighted by atomic mass is 9.84. The van der Waals surface area contributed by atoms with Gasteiger partial charge in [-0.2, -0.15) is 0 Å². The second-order valence-corrected chi connectivity index (χ2v) is 8.02. The summed E-state index contributed by atoms with van der Waals surface area (Å²) in [7, 11) is -3.20. The molecule has 0 aromatic carbocycles. The number of sulfone groups is 1. The van der Waals surface area contributed by atoms with Crippen molar-refractivity contribution in [1.82, 2.24) is 4.90 Å². The minimum atomic E-state index is -3.20. The summed E-state index contributed by atoms with van der Waals surface area (Å²) in [6.45, 7) is 0.765. The quantitative estimate of drug-likeness (QED) is 0.653. The van der Waals surface area contributed by atoms with E-state index in [1.165, 1.54) is 6.42 Å². The van der Waals surface area contributed by atoms with E-state index in [0.717, 1.165) is 25.8 Å². The van der Waals surface area contributed by atoms with Crippen LogP contribution in [0.4, 0.5) is 0 Å². The Kier molecular flexibility index (Phi) is 2.51. The molecule has 0 aromatic rings. The predicted molar refractivity (Wildman–Crippen MR) is 64.3 cm³/mol. The molecule has 96 valence electrons. The standard InChI is InChI=1S/C12H19NO3S/c14-11-12(6-3-9-17(12,15)16)7-5-10-4-1-2-8-13(10)11/h10H,1-9H2. The molecule has 3 heterocycles. The van der Waals surface area contributed by atoms with Crippen LogP contribution in [0, 0.1) is 0 Å². The molecule has 3 aliphatic heterocycles. The van der Waals surface area contributed by atoms with Crippen LogP contribution >= 0.6 is 0 Å². The van der Waals surface area contributed by atoms with Crippen molar-refractivity contribution in [3.05, 3.63) is 0 Å². The molecule has 4 nitrogen and oxygen atoms in total. The number of carbonyl (C=O) groups excluding carboxylic acids is 1. The lowest BCUT2D eigenvalue weighted by Crippen LogP contribution is -2.60. The fraction of sp³-hybridized carbons (Fsp3) is 0.917. The van der Waals surface area contributed by atoms with Crippen LogP contribution in [0.2, 0.25) is 0 Å². The van der Waals surface area contributed by atoms with E-state index in [4.69, 9.17) is 0 Å². The maximum atomic E-state index is 12.5. The summed E-state index contributed by atoms with van der Waals surface area (Å²) in [5, 5.41) is 0. The highest BCUT2D eigenvalue weighted by Gasteiger charge is 2.58. The Bertz CT molecular complexity index is 445. The SMILES string of the molecule is O=C1N2CCCCC2CCC12CCCS2(=O)=O. The Hall–Kier alpha value is -0.580. The van der Waals surface area contributed by atoms with E-state index in [2.05, 4.69) is 0 Å². The number of hydrogen-bond acceptors (Lipinski definition) is 3. The Balaban J connectivity index is 1.96. The van der Waals surface area contributed by atoms with Crippen LogP contribution in [0.1, 0.15) is 44.9 Å². The Morgan fingerprint density at radius 1 is 1.12 bits per heavy atom. The highest BCUT2D eigenvalue weighted by Crippen LogP contribution is 2.43. The van der Waals surface area contributed by atoms with Gasteiger partial charge in [-0.05, 0) is 44.9 Å². The van der Waals surface area contributed by atoms with Crippen molar-refractivity contribution in [3.63, 3.8) is 0 Å². The largest absolute Gasteiger partial charge is 0.338 e. The van der Waals surface area contributed by atoms with Gasteiger partial charge in [-0.3, -0.25) is 4.79 Å². The van der Waals surface area contributed by atoms with Gasteiger partial charge in [0.15, 0.2) is 14.6 Å². The van der Waals surface area contributed by atoms with Crippen LogP contribution in [-0.2, 0) is 14.6 Å². The van der Waals surface area contributed by atoms with E-state index >= 15 is 0 Å². The van der Waals surface area contributed by atoms with E-state index in [0.29, 0.717) is 25.3 Å². The monoisotopic (exact) mass is 257 g/mol. The normalized spacial score (nSPS) is 40.6. The first-order valence-corrected chi connectivity index (χ1v) is 8.25. The van der Waals surface area contributed by atoms with Crippen LogP contribution in [0.3, 0.4) is 0 Å². The predicted octanol–water partition coefficient (Wildman–Crippen LogP) is 1.11. The molecule has 0 saturated carbocycles. The maximum Gasteiger partial charge on any atom is 0.244 e. The molecule has 17 heavy (non-hydrogen) atoms. The van der Waals surface area contributed by atoms with Gasteiger partial charge in [0.1, 0.15) is 0 Å². The summed E-state index contributed by atoms with van der Waals surface area (Å²) in [4.78, 5) is 14.4. The molecule has 2 atom stereocenters. The van der Waals surface area contributed by atoms with Crippen LogP contribution in [0.5, 0.6) is 0 Å². The number of piperidine rings is 2. The van der Waals surface area contributed by atoms with Gasteiger partial charge in [0, 0.05) is 12.6 Å². The van der Waals surface area contributed by atoms with Crippen molar-refractivity contribution in [2.75, 3.05) is 12.3 Å². The Morgan fingerprint density at radius 3 is 2.65 bits per heavy atom. The first-order valence-electron chi connectivity index (χ1n) is 6.60. The molecule has 0 radical (unpaired) electrons. The minimum Gasteiger partial charge on any atom is -0.338 e. The molecule has 1 amide bonds. The third-order valence-corrected chi connectivity index (χ3v) is 7.35. The summed E-state index contributed by atoms with van der Waals surface area (Å²) in [6.07, 6.45) is 5.92. The summed E-state index contributed by atoms with van der Waals surface area (Å²) in [5.41, 5.74) is 0. The van der Waals surface area contributed by atoms with Gasteiger partial charge in [0.05, 0.1) is 5.75 Å². The van der Waals surface area contributed by atoms with Crippen molar-refractivity contribution >= 4 is 15.7 Å². The van der Waals surface area contributed by atoms with Crippen LogP contribution < -0.4 is 0 Å². The summed E-state index contributed by atoms with van der Waals surface area (Å²) >= 11 is 0. The van der Waals surface area contributed by atoms with Gasteiger partial charge >= 0.3 is 0 Å². The van der Waals surface area contributed by atoms with Gasteiger partial charge in [0.2, 0.25) is 5.91 Å². The number of amides is 1. The van der Waals surface area contributed by atoms with E-state index < -0.39 is 14.6 Å². The van der Waals surface area contributed by atoms with Gasteiger partial charge in [0.25, 0.3) is 0 Å². The van der Waals surface area contributed by atoms with Crippen LogP contribution in [-0.4, -0.2) is 42.3 Å². The molecule has 3 saturated heterocycles. The minimum absolute atomic E-state index is 0.0778. The molecule has 0 bridgehead atoms. The van der Waals surface area contributed by atoms with Gasteiger partial charge in [-0.15, -0.1) is 0 Å². The number of fused-ring (bicyclic) bond motifs is 1. The molecule has 3 aliphatic rings. The first-order chi connectivity index (χ1) is 8.07. The molecule has 0 aromatic heterocycles. The number of carbonyl (C=O) groups is 1. The van der Waals surface area contributed by atoms with Gasteiger partial charge in [-0.25, -0.2) is 8.42 Å². The summed E-state index contributed by atoms with van der Waals surface area (Å²) < 4.78 is 23.3. The molecule has 5 heteroatoms. The zero-order chi connectivity index (χ0) is 12.1. The third-order valence-electron chi connectivity index (χ3n) is 4.75. The topological polar surface area (TPSA) is 54.5 Å². The van der Waals surface area contributed by atoms with Gasteiger partial charge in [-0.1, -0.05) is 0 Å². The Labute approximate surface area is 102 Å². The third kappa shape index (κ3) is 1.47. The lowest BCUT2D eigenvalue weighted by molar-refractivity contribution is -0.141. The van der Waals surface area contributed by atoms with E-state index in [9.17, 15) is 13.2 Å². The number of nitrogens with zero attached hydrogens (tertiary/aromatic N) is 1. The lowest BCUT2D eigenvalue weighted by Gasteiger charge is -2.46. The molecule has 3 fully saturated rings. The van der Waals surface area contributed by atoms with E-state index in [-0.39, 0.29) is 11.7 Å². The second-order valence-electron chi connectivity index (χ2n) is 5.60. The number of hydrogen-bond donors (Lipinski definition) is 0. The first kappa shape index (κ1) is 11.5. The summed E-state index contributed by atoms with van der Waals surface area (Å²) in [5.74, 6) is 0.128. The van der Waals surface area contributed by atoms with Crippen molar-refractivity contribution in [3.8, 4) is 0 Å². The molecule has 3 rings (SSSR count). The molecular formula is C12H19NO3S. The van der Waals surface area contributed by atoms with Crippen molar-refractivity contribution < 1.29 is 13.2 Å². The zero-order valence-corrected chi connectivity index (χ0v) is 10.8. The maximum absolute atomic E-state index is 12.5. The highest BCUT2D eigenvalue weighted by atomic mass is 32.2. The smallest absolute Gasteiger partial charge is 0.244 e. The molecular weight excluding hydrogens is 238 g/mol. The van der Waals surface area contributed by atoms with Crippen molar-refractivity contribution in [2.24, 2.45) is 0 Å². The average Bonchev–Trinajstić information content (AvgIpc) is 2.61. The second kappa shape index (κ2) is 3.70. The fourth-order valence-electron chi connectivity index (χ4n) is 3.76. The van der Waals surface area contributed by atoms with Crippen LogP contribution in [0.15, 0.2) is 0 Å². The Morgan fingerprint density at radius 2 is 1.94 bits per heavy atom. The van der Waals surface area contributed by atoms with Crippen molar-refractivity contribution in [1.29, 1.82) is 0 Å². The van der Waals surface area contributed by atoms with Crippen LogP contribution in [0.25, 0.3) is 0 Å². The molecule has 1 spiro atoms. The molecule has 0 aliphatic carbocycles. The van der Waals surface area contributed by atoms with E-state index in [1.54, 1.807) is 0 Å². The molecule has 0 N–H and O–H groups in total. The summed E-state index contributed by atoms with van der Waals surface area (Å²) in [6, 6.07) is 0.317. The average molecular weight is 257 g/mol. The van der Waals surface area contributed by atoms with Crippen molar-refractivity contribution in [2.45, 2.75) is 55.7 Å². The highest BCUT2D eigenvalue weighted by molar-refractivity contribution is 7.93. The van der Waals surface area contributed by atoms with Gasteiger partial charge < -0.3 is 4.90 Å². The molecule has 2 unspecified atom stereocenters. The van der Waals surface area contributed by atoms with E-state index in [1.807, 2.05) is 4.90 Å². The number of rotatable bonds is 0. The fourth-order valence-corrected chi connectivity index (χ4v) is 5.94.